The zero-order valence-corrected chi connectivity index (χ0v) is 24.4. The van der Waals surface area contributed by atoms with Crippen molar-refractivity contribution < 1.29 is 32.6 Å². The van der Waals surface area contributed by atoms with E-state index in [1.54, 1.807) is 6.07 Å². The molecule has 2 saturated heterocycles. The molecule has 3 unspecified atom stereocenters. The van der Waals surface area contributed by atoms with Gasteiger partial charge in [0, 0.05) is 41.2 Å². The lowest BCUT2D eigenvalue weighted by molar-refractivity contribution is -0.142. The highest BCUT2D eigenvalue weighted by molar-refractivity contribution is 6.34. The van der Waals surface area contributed by atoms with Gasteiger partial charge in [0.15, 0.2) is 0 Å². The number of rotatable bonds is 8. The summed E-state index contributed by atoms with van der Waals surface area (Å²) in [6.07, 6.45) is 0.533. The van der Waals surface area contributed by atoms with Gasteiger partial charge in [0.25, 0.3) is 5.91 Å². The van der Waals surface area contributed by atoms with Gasteiger partial charge in [-0.25, -0.2) is 18.0 Å². The summed E-state index contributed by atoms with van der Waals surface area (Å²) in [6.45, 7) is 3.72. The van der Waals surface area contributed by atoms with Crippen molar-refractivity contribution in [3.05, 3.63) is 62.9 Å². The van der Waals surface area contributed by atoms with Crippen LogP contribution >= 0.6 is 23.2 Å². The summed E-state index contributed by atoms with van der Waals surface area (Å²) in [6, 6.07) is 6.42. The molecule has 4 atom stereocenters. The molecule has 0 radical (unpaired) electrons. The number of benzene rings is 2. The molecule has 41 heavy (non-hydrogen) atoms. The van der Waals surface area contributed by atoms with Gasteiger partial charge in [-0.2, -0.15) is 0 Å². The van der Waals surface area contributed by atoms with Gasteiger partial charge in [0.2, 0.25) is 0 Å². The van der Waals surface area contributed by atoms with Gasteiger partial charge < -0.3 is 14.7 Å². The summed E-state index contributed by atoms with van der Waals surface area (Å²) in [5, 5.41) is 10.6. The van der Waals surface area contributed by atoms with Crippen molar-refractivity contribution in [2.24, 2.45) is 5.92 Å². The zero-order valence-electron chi connectivity index (χ0n) is 22.9. The van der Waals surface area contributed by atoms with Gasteiger partial charge in [-0.15, -0.1) is 0 Å². The number of amides is 1. The molecular weight excluding hydrogens is 580 g/mol. The first-order valence-corrected chi connectivity index (χ1v) is 14.7. The van der Waals surface area contributed by atoms with Gasteiger partial charge in [-0.05, 0) is 73.9 Å². The first kappa shape index (κ1) is 30.0. The molecule has 2 aliphatic heterocycles. The number of carbonyl (C=O) groups is 2. The van der Waals surface area contributed by atoms with E-state index in [-0.39, 0.29) is 42.7 Å². The Morgan fingerprint density at radius 3 is 2.34 bits per heavy atom. The Labute approximate surface area is 247 Å². The molecule has 11 heteroatoms. The predicted octanol–water partition coefficient (Wildman–Crippen LogP) is 6.84. The van der Waals surface area contributed by atoms with Crippen LogP contribution in [0.1, 0.15) is 73.0 Å². The zero-order chi connectivity index (χ0) is 29.6. The van der Waals surface area contributed by atoms with Crippen LogP contribution in [0.15, 0.2) is 30.3 Å². The van der Waals surface area contributed by atoms with Crippen molar-refractivity contribution in [3.63, 3.8) is 0 Å². The lowest BCUT2D eigenvalue weighted by Crippen LogP contribution is -2.45. The van der Waals surface area contributed by atoms with E-state index in [1.807, 2.05) is 19.1 Å². The van der Waals surface area contributed by atoms with E-state index in [4.69, 9.17) is 27.9 Å². The number of carbonyl (C=O) groups excluding carboxylic acids is 1. The standard InChI is InChI=1S/C30H33Cl2F3N2O4/c1-16-25(34)14-37(27(16)29(39)40)28(38)23-12-22(18-3-4-18)26(13-24(23)33)41-15-30(35)5-7-36(8-6-30)17(2)19-9-20(31)11-21(32)10-19/h9-13,16-18,25,27H,3-8,14-15H2,1-2H3,(H,39,40)/t16?,17-,25?,27?/m0/s1. The van der Waals surface area contributed by atoms with Gasteiger partial charge >= 0.3 is 5.97 Å². The summed E-state index contributed by atoms with van der Waals surface area (Å²) in [5.74, 6) is -3.83. The fraction of sp³-hybridized carbons (Fsp3) is 0.533. The molecule has 222 valence electrons. The van der Waals surface area contributed by atoms with Crippen LogP contribution in [0.25, 0.3) is 0 Å². The van der Waals surface area contributed by atoms with E-state index in [2.05, 4.69) is 4.90 Å². The van der Waals surface area contributed by atoms with Crippen molar-refractivity contribution in [1.29, 1.82) is 0 Å². The fourth-order valence-electron chi connectivity index (χ4n) is 5.94. The Kier molecular flexibility index (Phi) is 8.52. The third-order valence-corrected chi connectivity index (χ3v) is 9.17. The third-order valence-electron chi connectivity index (χ3n) is 8.73. The van der Waals surface area contributed by atoms with E-state index in [0.29, 0.717) is 28.7 Å². The van der Waals surface area contributed by atoms with Crippen LogP contribution in [0.4, 0.5) is 13.2 Å². The number of halogens is 5. The molecule has 0 bridgehead atoms. The molecule has 3 fully saturated rings. The van der Waals surface area contributed by atoms with Crippen LogP contribution in [-0.4, -0.2) is 70.9 Å². The molecule has 6 nitrogen and oxygen atoms in total. The van der Waals surface area contributed by atoms with E-state index < -0.39 is 48.0 Å². The SMILES string of the molecule is CC1C(F)CN(C(=O)c2cc(C3CC3)c(OCC3(F)CCN([C@@H](C)c4cc(Cl)cc(Cl)c4)CC3)cc2F)C1C(=O)O. The van der Waals surface area contributed by atoms with E-state index in [1.165, 1.54) is 13.0 Å². The Bertz CT molecular complexity index is 1310. The van der Waals surface area contributed by atoms with Crippen LogP contribution in [0.5, 0.6) is 5.75 Å². The number of carboxylic acid groups (broad SMARTS) is 1. The third kappa shape index (κ3) is 6.32. The molecule has 5 rings (SSSR count). The summed E-state index contributed by atoms with van der Waals surface area (Å²) in [4.78, 5) is 28.0. The number of aliphatic carboxylic acids is 1. The molecule has 1 amide bonds. The highest BCUT2D eigenvalue weighted by atomic mass is 35.5. The average Bonchev–Trinajstić information content (AvgIpc) is 3.71. The van der Waals surface area contributed by atoms with Crippen molar-refractivity contribution in [3.8, 4) is 5.75 Å². The number of nitrogens with zero attached hydrogens (tertiary/aromatic N) is 2. The Balaban J connectivity index is 1.27. The second kappa shape index (κ2) is 11.7. The van der Waals surface area contributed by atoms with Crippen LogP contribution in [0.3, 0.4) is 0 Å². The summed E-state index contributed by atoms with van der Waals surface area (Å²) in [7, 11) is 0. The van der Waals surface area contributed by atoms with Gasteiger partial charge in [-0.1, -0.05) is 30.1 Å². The molecule has 1 aliphatic carbocycles. The van der Waals surface area contributed by atoms with E-state index in [9.17, 15) is 19.1 Å². The average molecular weight is 614 g/mol. The first-order chi connectivity index (χ1) is 19.4. The lowest BCUT2D eigenvalue weighted by atomic mass is 9.92. The van der Waals surface area contributed by atoms with Crippen LogP contribution in [0, 0.1) is 11.7 Å². The predicted molar refractivity (Wildman–Crippen MR) is 150 cm³/mol. The highest BCUT2D eigenvalue weighted by Crippen LogP contribution is 2.46. The Hall–Kier alpha value is -2.49. The van der Waals surface area contributed by atoms with Gasteiger partial charge in [0.1, 0.15) is 36.1 Å². The minimum absolute atomic E-state index is 0.00990. The molecule has 0 aromatic heterocycles. The molecular formula is C30H33Cl2F3N2O4. The Morgan fingerprint density at radius 1 is 1.12 bits per heavy atom. The van der Waals surface area contributed by atoms with E-state index >= 15 is 8.78 Å². The molecule has 1 N–H and O–H groups in total. The maximum Gasteiger partial charge on any atom is 0.326 e. The largest absolute Gasteiger partial charge is 0.490 e. The number of carboxylic acids is 1. The molecule has 1 saturated carbocycles. The molecule has 2 heterocycles. The summed E-state index contributed by atoms with van der Waals surface area (Å²) in [5.41, 5.74) is -0.419. The van der Waals surface area contributed by atoms with Gasteiger partial charge in [0.05, 0.1) is 12.1 Å². The second-order valence-corrected chi connectivity index (χ2v) is 12.5. The van der Waals surface area contributed by atoms with E-state index in [0.717, 1.165) is 29.4 Å². The maximum atomic E-state index is 15.8. The Morgan fingerprint density at radius 2 is 1.76 bits per heavy atom. The monoisotopic (exact) mass is 612 g/mol. The second-order valence-electron chi connectivity index (χ2n) is 11.6. The normalized spacial score (nSPS) is 25.2. The number of hydrogen-bond acceptors (Lipinski definition) is 4. The number of alkyl halides is 2. The molecule has 2 aromatic rings. The molecule has 0 spiro atoms. The first-order valence-electron chi connectivity index (χ1n) is 13.9. The number of ether oxygens (including phenoxy) is 1. The van der Waals surface area contributed by atoms with Gasteiger partial charge in [-0.3, -0.25) is 9.69 Å². The molecule has 2 aromatic carbocycles. The van der Waals surface area contributed by atoms with Crippen molar-refractivity contribution >= 4 is 35.1 Å². The summed E-state index contributed by atoms with van der Waals surface area (Å²) < 4.78 is 51.3. The topological polar surface area (TPSA) is 70.1 Å². The van der Waals surface area contributed by atoms with Crippen LogP contribution in [0.2, 0.25) is 10.0 Å². The van der Waals surface area contributed by atoms with Crippen LogP contribution in [-0.2, 0) is 4.79 Å². The number of piperidine rings is 1. The fourth-order valence-corrected chi connectivity index (χ4v) is 6.48. The van der Waals surface area contributed by atoms with Crippen molar-refractivity contribution in [2.75, 3.05) is 26.2 Å². The molecule has 3 aliphatic rings. The lowest BCUT2D eigenvalue weighted by Gasteiger charge is -2.39. The number of hydrogen-bond donors (Lipinski definition) is 1. The van der Waals surface area contributed by atoms with Crippen molar-refractivity contribution in [2.45, 2.75) is 69.4 Å². The smallest absolute Gasteiger partial charge is 0.326 e. The number of likely N-dealkylation sites (tertiary alicyclic amines) is 2. The minimum atomic E-state index is -1.62. The van der Waals surface area contributed by atoms with Crippen molar-refractivity contribution in [1.82, 2.24) is 9.80 Å². The maximum absolute atomic E-state index is 15.8. The summed E-state index contributed by atoms with van der Waals surface area (Å²) >= 11 is 12.3. The quantitative estimate of drug-likeness (QED) is 0.353. The highest BCUT2D eigenvalue weighted by Gasteiger charge is 2.47. The van der Waals surface area contributed by atoms with Crippen LogP contribution < -0.4 is 4.74 Å². The minimum Gasteiger partial charge on any atom is -0.490 e.